The minimum atomic E-state index is 0.661. The Morgan fingerprint density at radius 2 is 2.20 bits per heavy atom. The average molecular weight is 355 g/mol. The van der Waals surface area contributed by atoms with E-state index in [1.165, 1.54) is 0 Å². The number of aromatic nitrogens is 2. The topological polar surface area (TPSA) is 42.3 Å². The minimum absolute atomic E-state index is 0.661. The molecule has 25 heavy (non-hydrogen) atoms. The summed E-state index contributed by atoms with van der Waals surface area (Å²) in [5, 5.41) is 2.63. The molecule has 0 spiro atoms. The summed E-state index contributed by atoms with van der Waals surface area (Å²) < 4.78 is 7.07. The lowest BCUT2D eigenvalue weighted by molar-refractivity contribution is 0.156. The molecule has 0 unspecified atom stereocenters. The van der Waals surface area contributed by atoms with Crippen LogP contribution in [0.1, 0.15) is 17.1 Å². The molecule has 0 amide bonds. The van der Waals surface area contributed by atoms with Gasteiger partial charge in [-0.2, -0.15) is 0 Å². The number of methoxy groups -OCH3 is 1. The van der Waals surface area contributed by atoms with Crippen LogP contribution in [0.25, 0.3) is 5.70 Å². The number of halogens is 1. The number of benzene rings is 1. The van der Waals surface area contributed by atoms with Crippen LogP contribution < -0.4 is 5.43 Å². The number of rotatable bonds is 4. The van der Waals surface area contributed by atoms with E-state index in [1.807, 2.05) is 65.4 Å². The van der Waals surface area contributed by atoms with Gasteiger partial charge >= 0.3 is 0 Å². The number of hydrogen-bond acceptors (Lipinski definition) is 4. The zero-order valence-corrected chi connectivity index (χ0v) is 14.9. The van der Waals surface area contributed by atoms with Gasteiger partial charge in [0.1, 0.15) is 11.5 Å². The highest BCUT2D eigenvalue weighted by Crippen LogP contribution is 2.14. The third-order valence-corrected chi connectivity index (χ3v) is 3.89. The molecule has 2 heterocycles. The van der Waals surface area contributed by atoms with E-state index in [0.717, 1.165) is 23.6 Å². The van der Waals surface area contributed by atoms with Gasteiger partial charge in [0, 0.05) is 36.3 Å². The molecule has 0 saturated carbocycles. The summed E-state index contributed by atoms with van der Waals surface area (Å²) in [5.74, 6) is 7.05. The summed E-state index contributed by atoms with van der Waals surface area (Å²) in [6.45, 7) is 3.39. The number of hydrazine groups is 1. The van der Waals surface area contributed by atoms with Crippen molar-refractivity contribution < 1.29 is 4.74 Å². The normalized spacial score (nSPS) is 13.1. The molecule has 1 aromatic carbocycles. The Kier molecular flexibility index (Phi) is 5.44. The molecule has 0 bridgehead atoms. The standard InChI is InChI=1S/C19H19ClN4O/c1-15-22-18(7-6-16-4-3-5-17(20)12-16)14-24(15)19-8-9-23(21-13-19)10-11-25-2/h3-5,8-9,12-14,21H,10-11H2,1-2H3. The Hall–Kier alpha value is -2.68. The van der Waals surface area contributed by atoms with Gasteiger partial charge in [0.25, 0.3) is 0 Å². The van der Waals surface area contributed by atoms with Gasteiger partial charge in [-0.1, -0.05) is 23.6 Å². The molecular weight excluding hydrogens is 336 g/mol. The molecular formula is C19H19ClN4O. The van der Waals surface area contributed by atoms with Crippen LogP contribution in [0, 0.1) is 18.8 Å². The van der Waals surface area contributed by atoms with Crippen LogP contribution in [0.5, 0.6) is 0 Å². The van der Waals surface area contributed by atoms with E-state index in [9.17, 15) is 0 Å². The van der Waals surface area contributed by atoms with Crippen molar-refractivity contribution in [2.24, 2.45) is 0 Å². The van der Waals surface area contributed by atoms with Crippen molar-refractivity contribution in [3.8, 4) is 11.8 Å². The Balaban J connectivity index is 1.74. The summed E-state index contributed by atoms with van der Waals surface area (Å²) in [5.41, 5.74) is 5.79. The summed E-state index contributed by atoms with van der Waals surface area (Å²) in [6, 6.07) is 7.47. The molecule has 0 aliphatic carbocycles. The second kappa shape index (κ2) is 7.93. The van der Waals surface area contributed by atoms with Crippen molar-refractivity contribution in [2.75, 3.05) is 20.3 Å². The number of nitrogens with zero attached hydrogens (tertiary/aromatic N) is 3. The highest BCUT2D eigenvalue weighted by molar-refractivity contribution is 6.30. The van der Waals surface area contributed by atoms with Crippen molar-refractivity contribution >= 4 is 17.3 Å². The van der Waals surface area contributed by atoms with Gasteiger partial charge in [0.2, 0.25) is 0 Å². The van der Waals surface area contributed by atoms with E-state index in [0.29, 0.717) is 17.3 Å². The summed E-state index contributed by atoms with van der Waals surface area (Å²) >= 11 is 5.98. The first kappa shape index (κ1) is 17.2. The van der Waals surface area contributed by atoms with E-state index in [2.05, 4.69) is 22.3 Å². The van der Waals surface area contributed by atoms with Crippen molar-refractivity contribution in [2.45, 2.75) is 6.92 Å². The molecule has 3 rings (SSSR count). The van der Waals surface area contributed by atoms with Gasteiger partial charge in [-0.15, -0.1) is 0 Å². The largest absolute Gasteiger partial charge is 0.383 e. The van der Waals surface area contributed by atoms with E-state index >= 15 is 0 Å². The molecule has 0 radical (unpaired) electrons. The number of ether oxygens (including phenoxy) is 1. The molecule has 0 fully saturated rings. The highest BCUT2D eigenvalue weighted by Gasteiger charge is 2.09. The third-order valence-electron chi connectivity index (χ3n) is 3.66. The van der Waals surface area contributed by atoms with Crippen molar-refractivity contribution in [1.82, 2.24) is 20.0 Å². The molecule has 0 saturated heterocycles. The Labute approximate surface area is 152 Å². The van der Waals surface area contributed by atoms with Crippen LogP contribution in [0.15, 0.2) is 48.9 Å². The van der Waals surface area contributed by atoms with Gasteiger partial charge in [0.05, 0.1) is 18.8 Å². The SMILES string of the molecule is COCCN1C=CC(n2cc(C#Cc3cccc(Cl)c3)nc2C)=CN1. The van der Waals surface area contributed by atoms with Crippen LogP contribution >= 0.6 is 11.6 Å². The fourth-order valence-electron chi connectivity index (χ4n) is 2.38. The number of hydrogen-bond donors (Lipinski definition) is 1. The fraction of sp³-hybridized carbons (Fsp3) is 0.211. The van der Waals surface area contributed by atoms with Crippen molar-refractivity contribution in [3.05, 3.63) is 71.0 Å². The smallest absolute Gasteiger partial charge is 0.132 e. The maximum atomic E-state index is 5.98. The summed E-state index contributed by atoms with van der Waals surface area (Å²) in [7, 11) is 1.69. The number of nitrogens with one attached hydrogen (secondary N) is 1. The van der Waals surface area contributed by atoms with Gasteiger partial charge < -0.3 is 14.7 Å². The lowest BCUT2D eigenvalue weighted by Gasteiger charge is -2.24. The van der Waals surface area contributed by atoms with Crippen LogP contribution in [-0.2, 0) is 4.74 Å². The molecule has 2 aromatic rings. The number of aryl methyl sites for hydroxylation is 1. The van der Waals surface area contributed by atoms with Crippen LogP contribution in [0.2, 0.25) is 5.02 Å². The second-order valence-corrected chi connectivity index (χ2v) is 5.94. The minimum Gasteiger partial charge on any atom is -0.383 e. The van der Waals surface area contributed by atoms with Crippen LogP contribution in [0.4, 0.5) is 0 Å². The van der Waals surface area contributed by atoms with E-state index in [1.54, 1.807) is 7.11 Å². The number of imidazole rings is 1. The Bertz CT molecular complexity index is 873. The predicted molar refractivity (Wildman–Crippen MR) is 99.5 cm³/mol. The van der Waals surface area contributed by atoms with Gasteiger partial charge in [-0.25, -0.2) is 4.98 Å². The molecule has 0 atom stereocenters. The van der Waals surface area contributed by atoms with Crippen molar-refractivity contribution in [1.29, 1.82) is 0 Å². The van der Waals surface area contributed by atoms with Gasteiger partial charge in [-0.3, -0.25) is 5.01 Å². The Morgan fingerprint density at radius 1 is 1.32 bits per heavy atom. The zero-order chi connectivity index (χ0) is 17.6. The summed E-state index contributed by atoms with van der Waals surface area (Å²) in [4.78, 5) is 4.51. The first-order chi connectivity index (χ1) is 12.2. The second-order valence-electron chi connectivity index (χ2n) is 5.50. The van der Waals surface area contributed by atoms with Gasteiger partial charge in [-0.05, 0) is 37.1 Å². The molecule has 6 heteroatoms. The molecule has 128 valence electrons. The maximum Gasteiger partial charge on any atom is 0.132 e. The number of allylic oxidation sites excluding steroid dienone is 2. The highest BCUT2D eigenvalue weighted by atomic mass is 35.5. The van der Waals surface area contributed by atoms with Crippen LogP contribution in [0.3, 0.4) is 0 Å². The molecule has 1 N–H and O–H groups in total. The fourth-order valence-corrected chi connectivity index (χ4v) is 2.57. The molecule has 1 aliphatic heterocycles. The molecule has 1 aromatic heterocycles. The first-order valence-corrected chi connectivity index (χ1v) is 8.27. The third kappa shape index (κ3) is 4.44. The quantitative estimate of drug-likeness (QED) is 0.857. The van der Waals surface area contributed by atoms with Crippen molar-refractivity contribution in [3.63, 3.8) is 0 Å². The van der Waals surface area contributed by atoms with Gasteiger partial charge in [0.15, 0.2) is 0 Å². The Morgan fingerprint density at radius 3 is 2.92 bits per heavy atom. The van der Waals surface area contributed by atoms with E-state index in [4.69, 9.17) is 16.3 Å². The molecule has 1 aliphatic rings. The average Bonchev–Trinajstić information content (AvgIpc) is 2.99. The van der Waals surface area contributed by atoms with E-state index < -0.39 is 0 Å². The summed E-state index contributed by atoms with van der Waals surface area (Å²) in [6.07, 6.45) is 7.86. The lowest BCUT2D eigenvalue weighted by Crippen LogP contribution is -2.34. The van der Waals surface area contributed by atoms with E-state index in [-0.39, 0.29) is 0 Å². The predicted octanol–water partition coefficient (Wildman–Crippen LogP) is 3.02. The molecule has 5 nitrogen and oxygen atoms in total. The van der Waals surface area contributed by atoms with Crippen LogP contribution in [-0.4, -0.2) is 34.8 Å². The monoisotopic (exact) mass is 354 g/mol. The zero-order valence-electron chi connectivity index (χ0n) is 14.2. The maximum absolute atomic E-state index is 5.98. The first-order valence-electron chi connectivity index (χ1n) is 7.90. The lowest BCUT2D eigenvalue weighted by atomic mass is 10.2.